The minimum atomic E-state index is 0.472. The maximum Gasteiger partial charge on any atom is 0.219 e. The molecular formula is C14H16N2O2. The van der Waals surface area contributed by atoms with E-state index in [2.05, 4.69) is 4.98 Å². The zero-order chi connectivity index (χ0) is 13.0. The fourth-order valence-corrected chi connectivity index (χ4v) is 1.55. The molecule has 0 spiro atoms. The number of hydrogen-bond acceptors (Lipinski definition) is 4. The van der Waals surface area contributed by atoms with Crippen molar-refractivity contribution in [3.63, 3.8) is 0 Å². The van der Waals surface area contributed by atoms with Crippen molar-refractivity contribution in [2.75, 3.05) is 7.11 Å². The lowest BCUT2D eigenvalue weighted by Gasteiger charge is -2.10. The molecule has 94 valence electrons. The molecule has 0 aliphatic rings. The average molecular weight is 244 g/mol. The first-order chi connectivity index (χ1) is 8.72. The first-order valence-electron chi connectivity index (χ1n) is 5.70. The van der Waals surface area contributed by atoms with Crippen LogP contribution in [-0.2, 0) is 6.54 Å². The highest BCUT2D eigenvalue weighted by atomic mass is 16.5. The van der Waals surface area contributed by atoms with Crippen LogP contribution in [0.15, 0.2) is 36.5 Å². The molecule has 1 aromatic carbocycles. The number of aryl methyl sites for hydroxylation is 1. The maximum absolute atomic E-state index is 5.68. The van der Waals surface area contributed by atoms with Crippen LogP contribution in [0.3, 0.4) is 0 Å². The van der Waals surface area contributed by atoms with Gasteiger partial charge in [0, 0.05) is 18.8 Å². The van der Waals surface area contributed by atoms with Gasteiger partial charge in [-0.2, -0.15) is 0 Å². The predicted molar refractivity (Wildman–Crippen MR) is 69.9 cm³/mol. The summed E-state index contributed by atoms with van der Waals surface area (Å²) in [7, 11) is 1.60. The van der Waals surface area contributed by atoms with Gasteiger partial charge in [0.05, 0.1) is 7.11 Å². The zero-order valence-electron chi connectivity index (χ0n) is 10.5. The molecule has 4 nitrogen and oxygen atoms in total. The summed E-state index contributed by atoms with van der Waals surface area (Å²) in [5.41, 5.74) is 7.67. The van der Waals surface area contributed by atoms with Crippen LogP contribution in [0, 0.1) is 6.92 Å². The van der Waals surface area contributed by atoms with Crippen molar-refractivity contribution in [3.8, 4) is 17.4 Å². The van der Waals surface area contributed by atoms with Crippen molar-refractivity contribution in [3.05, 3.63) is 47.7 Å². The van der Waals surface area contributed by atoms with E-state index in [1.165, 1.54) is 0 Å². The summed E-state index contributed by atoms with van der Waals surface area (Å²) in [5.74, 6) is 1.82. The highest BCUT2D eigenvalue weighted by Crippen LogP contribution is 2.31. The number of ether oxygens (including phenoxy) is 2. The molecule has 1 heterocycles. The maximum atomic E-state index is 5.68. The summed E-state index contributed by atoms with van der Waals surface area (Å²) >= 11 is 0. The Morgan fingerprint density at radius 3 is 2.61 bits per heavy atom. The highest BCUT2D eigenvalue weighted by molar-refractivity contribution is 5.44. The molecule has 2 aromatic rings. The first-order valence-corrected chi connectivity index (χ1v) is 5.70. The van der Waals surface area contributed by atoms with Gasteiger partial charge in [0.1, 0.15) is 0 Å². The molecule has 0 fully saturated rings. The van der Waals surface area contributed by atoms with Crippen LogP contribution >= 0.6 is 0 Å². The van der Waals surface area contributed by atoms with Crippen LogP contribution < -0.4 is 15.2 Å². The Morgan fingerprint density at radius 2 is 2.00 bits per heavy atom. The van der Waals surface area contributed by atoms with Gasteiger partial charge in [0.15, 0.2) is 11.5 Å². The number of hydrogen-bond donors (Lipinski definition) is 1. The van der Waals surface area contributed by atoms with Crippen LogP contribution in [0.5, 0.6) is 17.4 Å². The van der Waals surface area contributed by atoms with E-state index in [0.29, 0.717) is 23.9 Å². The second-order valence-corrected chi connectivity index (χ2v) is 3.97. The molecule has 0 bridgehead atoms. The summed E-state index contributed by atoms with van der Waals surface area (Å²) in [6, 6.07) is 9.38. The Hall–Kier alpha value is -2.07. The molecule has 0 radical (unpaired) electrons. The van der Waals surface area contributed by atoms with Crippen molar-refractivity contribution >= 4 is 0 Å². The monoisotopic (exact) mass is 244 g/mol. The van der Waals surface area contributed by atoms with Crippen molar-refractivity contribution in [1.82, 2.24) is 4.98 Å². The molecule has 0 saturated heterocycles. The van der Waals surface area contributed by atoms with Gasteiger partial charge < -0.3 is 15.2 Å². The third-order valence-electron chi connectivity index (χ3n) is 2.56. The summed E-state index contributed by atoms with van der Waals surface area (Å²) in [6.07, 6.45) is 1.76. The van der Waals surface area contributed by atoms with E-state index in [0.717, 1.165) is 11.1 Å². The molecule has 0 unspecified atom stereocenters. The number of pyridine rings is 1. The van der Waals surface area contributed by atoms with E-state index >= 15 is 0 Å². The van der Waals surface area contributed by atoms with Crippen molar-refractivity contribution < 1.29 is 9.47 Å². The van der Waals surface area contributed by atoms with Crippen molar-refractivity contribution in [1.29, 1.82) is 0 Å². The van der Waals surface area contributed by atoms with Crippen LogP contribution in [0.1, 0.15) is 11.1 Å². The molecule has 18 heavy (non-hydrogen) atoms. The first kappa shape index (κ1) is 12.4. The molecule has 0 saturated carbocycles. The summed E-state index contributed by atoms with van der Waals surface area (Å²) in [6.45, 7) is 2.45. The number of nitrogens with zero attached hydrogens (tertiary/aromatic N) is 1. The molecule has 0 amide bonds. The molecule has 0 aliphatic heterocycles. The summed E-state index contributed by atoms with van der Waals surface area (Å²) < 4.78 is 11.0. The van der Waals surface area contributed by atoms with Gasteiger partial charge in [0.25, 0.3) is 0 Å². The standard InChI is InChI=1S/C14H16N2O2/c1-10-3-6-14(16-9-10)18-12-5-4-11(8-15)7-13(12)17-2/h3-7,9H,8,15H2,1-2H3. The molecule has 2 rings (SSSR count). The number of aromatic nitrogens is 1. The number of rotatable bonds is 4. The Kier molecular flexibility index (Phi) is 3.79. The molecular weight excluding hydrogens is 228 g/mol. The predicted octanol–water partition coefficient (Wildman–Crippen LogP) is 2.65. The summed E-state index contributed by atoms with van der Waals surface area (Å²) in [4.78, 5) is 4.19. The fraction of sp³-hybridized carbons (Fsp3) is 0.214. The minimum Gasteiger partial charge on any atom is -0.493 e. The smallest absolute Gasteiger partial charge is 0.219 e. The molecule has 1 aromatic heterocycles. The van der Waals surface area contributed by atoms with Gasteiger partial charge in [-0.3, -0.25) is 0 Å². The van der Waals surface area contributed by atoms with Gasteiger partial charge >= 0.3 is 0 Å². The van der Waals surface area contributed by atoms with E-state index in [1.807, 2.05) is 37.3 Å². The van der Waals surface area contributed by atoms with E-state index in [-0.39, 0.29) is 0 Å². The van der Waals surface area contributed by atoms with Crippen LogP contribution in [-0.4, -0.2) is 12.1 Å². The minimum absolute atomic E-state index is 0.472. The topological polar surface area (TPSA) is 57.4 Å². The molecule has 2 N–H and O–H groups in total. The van der Waals surface area contributed by atoms with Crippen LogP contribution in [0.4, 0.5) is 0 Å². The van der Waals surface area contributed by atoms with Gasteiger partial charge in [-0.05, 0) is 30.2 Å². The van der Waals surface area contributed by atoms with Crippen LogP contribution in [0.2, 0.25) is 0 Å². The molecule has 0 atom stereocenters. The highest BCUT2D eigenvalue weighted by Gasteiger charge is 2.07. The third-order valence-corrected chi connectivity index (χ3v) is 2.56. The Bertz CT molecular complexity index is 524. The lowest BCUT2D eigenvalue weighted by Crippen LogP contribution is -1.98. The van der Waals surface area contributed by atoms with E-state index < -0.39 is 0 Å². The van der Waals surface area contributed by atoms with Gasteiger partial charge in [-0.1, -0.05) is 12.1 Å². The van der Waals surface area contributed by atoms with Gasteiger partial charge in [-0.15, -0.1) is 0 Å². The van der Waals surface area contributed by atoms with Gasteiger partial charge in [-0.25, -0.2) is 4.98 Å². The SMILES string of the molecule is COc1cc(CN)ccc1Oc1ccc(C)cn1. The quantitative estimate of drug-likeness (QED) is 0.898. The summed E-state index contributed by atoms with van der Waals surface area (Å²) in [5, 5.41) is 0. The van der Waals surface area contributed by atoms with Gasteiger partial charge in [0.2, 0.25) is 5.88 Å². The largest absolute Gasteiger partial charge is 0.493 e. The fourth-order valence-electron chi connectivity index (χ4n) is 1.55. The number of benzene rings is 1. The second kappa shape index (κ2) is 5.51. The lowest BCUT2D eigenvalue weighted by molar-refractivity contribution is 0.373. The molecule has 4 heteroatoms. The lowest BCUT2D eigenvalue weighted by atomic mass is 10.2. The van der Waals surface area contributed by atoms with E-state index in [9.17, 15) is 0 Å². The zero-order valence-corrected chi connectivity index (χ0v) is 10.5. The van der Waals surface area contributed by atoms with E-state index in [1.54, 1.807) is 13.3 Å². The average Bonchev–Trinajstić information content (AvgIpc) is 2.41. The second-order valence-electron chi connectivity index (χ2n) is 3.97. The molecule has 0 aliphatic carbocycles. The Labute approximate surface area is 106 Å². The Balaban J connectivity index is 2.25. The number of nitrogens with two attached hydrogens (primary N) is 1. The van der Waals surface area contributed by atoms with Crippen molar-refractivity contribution in [2.24, 2.45) is 5.73 Å². The normalized spacial score (nSPS) is 10.2. The third kappa shape index (κ3) is 2.78. The van der Waals surface area contributed by atoms with Crippen molar-refractivity contribution in [2.45, 2.75) is 13.5 Å². The van der Waals surface area contributed by atoms with Crippen LogP contribution in [0.25, 0.3) is 0 Å². The number of methoxy groups -OCH3 is 1. The Morgan fingerprint density at radius 1 is 1.17 bits per heavy atom. The van der Waals surface area contributed by atoms with E-state index in [4.69, 9.17) is 15.2 Å².